The van der Waals surface area contributed by atoms with Crippen LogP contribution in [-0.2, 0) is 13.0 Å². The number of aryl methyl sites for hydroxylation is 2. The molecule has 4 aromatic rings. The summed E-state index contributed by atoms with van der Waals surface area (Å²) >= 11 is 0. The molecule has 1 heterocycles. The first-order chi connectivity index (χ1) is 15.6. The molecule has 0 aliphatic carbocycles. The van der Waals surface area contributed by atoms with Gasteiger partial charge in [-0.15, -0.1) is 0 Å². The molecule has 0 unspecified atom stereocenters. The minimum Gasteiger partial charge on any atom is -0.493 e. The van der Waals surface area contributed by atoms with Crippen molar-refractivity contribution >= 4 is 5.78 Å². The fourth-order valence-electron chi connectivity index (χ4n) is 3.43. The van der Waals surface area contributed by atoms with E-state index in [0.717, 1.165) is 11.1 Å². The lowest BCUT2D eigenvalue weighted by Crippen LogP contribution is -2.07. The summed E-state index contributed by atoms with van der Waals surface area (Å²) in [6.07, 6.45) is 0.981. The number of Topliss-reactive ketones (excluding diaryl/α,β-unsaturated/α-hetero) is 1. The number of ketones is 1. The smallest absolute Gasteiger partial charge is 0.223 e. The van der Waals surface area contributed by atoms with E-state index in [1.807, 2.05) is 60.7 Å². The van der Waals surface area contributed by atoms with Gasteiger partial charge in [-0.2, -0.15) is 4.98 Å². The maximum Gasteiger partial charge on any atom is 0.223 e. The lowest BCUT2D eigenvalue weighted by molar-refractivity contribution is 0.0983. The first-order valence-corrected chi connectivity index (χ1v) is 10.4. The summed E-state index contributed by atoms with van der Waals surface area (Å²) in [4.78, 5) is 17.6. The Morgan fingerprint density at radius 3 is 2.25 bits per heavy atom. The zero-order chi connectivity index (χ0) is 22.3. The zero-order valence-corrected chi connectivity index (χ0v) is 18.1. The van der Waals surface area contributed by atoms with Crippen LogP contribution in [0.1, 0.15) is 33.8 Å². The lowest BCUT2D eigenvalue weighted by atomic mass is 9.97. The maximum atomic E-state index is 13.3. The molecule has 4 rings (SSSR count). The minimum absolute atomic E-state index is 0.0291. The van der Waals surface area contributed by atoms with Gasteiger partial charge >= 0.3 is 0 Å². The van der Waals surface area contributed by atoms with Crippen LogP contribution in [0.15, 0.2) is 77.3 Å². The second-order valence-electron chi connectivity index (χ2n) is 7.37. The molecule has 3 aromatic carbocycles. The Labute approximate surface area is 186 Å². The van der Waals surface area contributed by atoms with Crippen molar-refractivity contribution in [2.75, 3.05) is 7.11 Å². The molecular formula is C26H24N2O4. The topological polar surface area (TPSA) is 74.5 Å². The molecule has 6 heteroatoms. The third-order valence-corrected chi connectivity index (χ3v) is 5.09. The molecule has 0 aliphatic rings. The summed E-state index contributed by atoms with van der Waals surface area (Å²) < 4.78 is 16.7. The molecule has 0 spiro atoms. The number of benzene rings is 3. The molecule has 1 aromatic heterocycles. The zero-order valence-electron chi connectivity index (χ0n) is 18.1. The summed E-state index contributed by atoms with van der Waals surface area (Å²) in [7, 11) is 1.56. The summed E-state index contributed by atoms with van der Waals surface area (Å²) in [5, 5.41) is 4.01. The van der Waals surface area contributed by atoms with Crippen LogP contribution >= 0.6 is 0 Å². The van der Waals surface area contributed by atoms with Gasteiger partial charge in [-0.05, 0) is 29.7 Å². The molecular weight excluding hydrogens is 404 g/mol. The lowest BCUT2D eigenvalue weighted by Gasteiger charge is -2.15. The Morgan fingerprint density at radius 1 is 0.938 bits per heavy atom. The molecule has 6 nitrogen and oxygen atoms in total. The van der Waals surface area contributed by atoms with E-state index < -0.39 is 0 Å². The fraction of sp³-hybridized carbons (Fsp3) is 0.192. The molecule has 0 saturated heterocycles. The first kappa shape index (κ1) is 21.3. The van der Waals surface area contributed by atoms with Gasteiger partial charge in [0.05, 0.1) is 7.11 Å². The highest BCUT2D eigenvalue weighted by atomic mass is 16.5. The van der Waals surface area contributed by atoms with Crippen molar-refractivity contribution in [3.8, 4) is 22.9 Å². The van der Waals surface area contributed by atoms with Gasteiger partial charge in [0.15, 0.2) is 17.3 Å². The van der Waals surface area contributed by atoms with Gasteiger partial charge in [0, 0.05) is 24.5 Å². The minimum atomic E-state index is -0.0291. The van der Waals surface area contributed by atoms with E-state index in [9.17, 15) is 4.79 Å². The fourth-order valence-corrected chi connectivity index (χ4v) is 3.43. The number of ether oxygens (including phenoxy) is 2. The second-order valence-corrected chi connectivity index (χ2v) is 7.37. The predicted octanol–water partition coefficient (Wildman–Crippen LogP) is 5.45. The quantitative estimate of drug-likeness (QED) is 0.330. The van der Waals surface area contributed by atoms with Crippen LogP contribution in [0.3, 0.4) is 0 Å². The Morgan fingerprint density at radius 2 is 1.62 bits per heavy atom. The summed E-state index contributed by atoms with van der Waals surface area (Å²) in [5.41, 5.74) is 3.16. The van der Waals surface area contributed by atoms with E-state index in [1.165, 1.54) is 0 Å². The molecule has 162 valence electrons. The number of methoxy groups -OCH3 is 1. The largest absolute Gasteiger partial charge is 0.493 e. The maximum absolute atomic E-state index is 13.3. The van der Waals surface area contributed by atoms with Crippen LogP contribution in [0.2, 0.25) is 0 Å². The number of nitrogens with zero attached hydrogens (tertiary/aromatic N) is 2. The highest BCUT2D eigenvalue weighted by Crippen LogP contribution is 2.36. The average molecular weight is 428 g/mol. The van der Waals surface area contributed by atoms with Gasteiger partial charge < -0.3 is 14.0 Å². The molecule has 0 N–H and O–H groups in total. The highest BCUT2D eigenvalue weighted by Gasteiger charge is 2.21. The third kappa shape index (κ3) is 5.03. The predicted molar refractivity (Wildman–Crippen MR) is 121 cm³/mol. The molecule has 0 saturated carbocycles. The van der Waals surface area contributed by atoms with Crippen molar-refractivity contribution in [2.24, 2.45) is 0 Å². The molecule has 0 bridgehead atoms. The van der Waals surface area contributed by atoms with E-state index in [0.29, 0.717) is 53.8 Å². The number of hydrogen-bond donors (Lipinski definition) is 0. The molecule has 0 fully saturated rings. The number of rotatable bonds is 9. The standard InChI is InChI=1S/C26H24N2O4/c1-18-27-26(28-32-18)22-16-24(30-2)25(31-17-20-11-7-4-8-12-20)15-21(22)23(29)14-13-19-9-5-3-6-10-19/h3-12,15-16H,13-14,17H2,1-2H3. The highest BCUT2D eigenvalue weighted by molar-refractivity contribution is 6.02. The normalized spacial score (nSPS) is 10.7. The van der Waals surface area contributed by atoms with E-state index in [-0.39, 0.29) is 5.78 Å². The molecule has 0 amide bonds. The van der Waals surface area contributed by atoms with Crippen LogP contribution in [0.4, 0.5) is 0 Å². The second kappa shape index (κ2) is 9.92. The Kier molecular flexibility index (Phi) is 6.60. The van der Waals surface area contributed by atoms with Crippen LogP contribution in [0.5, 0.6) is 11.5 Å². The van der Waals surface area contributed by atoms with Crippen LogP contribution in [0.25, 0.3) is 11.4 Å². The number of carbonyl (C=O) groups excluding carboxylic acids is 1. The Bertz CT molecular complexity index is 1190. The number of carbonyl (C=O) groups is 1. The SMILES string of the molecule is COc1cc(-c2noc(C)n2)c(C(=O)CCc2ccccc2)cc1OCc1ccccc1. The van der Waals surface area contributed by atoms with Crippen LogP contribution < -0.4 is 9.47 Å². The first-order valence-electron chi connectivity index (χ1n) is 10.4. The van der Waals surface area contributed by atoms with E-state index in [2.05, 4.69) is 10.1 Å². The summed E-state index contributed by atoms with van der Waals surface area (Å²) in [6.45, 7) is 2.07. The van der Waals surface area contributed by atoms with Gasteiger partial charge in [0.25, 0.3) is 0 Å². The van der Waals surface area contributed by atoms with Crippen molar-refractivity contribution in [3.05, 3.63) is 95.4 Å². The molecule has 0 aliphatic heterocycles. The Hall–Kier alpha value is -3.93. The molecule has 32 heavy (non-hydrogen) atoms. The van der Waals surface area contributed by atoms with E-state index >= 15 is 0 Å². The third-order valence-electron chi connectivity index (χ3n) is 5.09. The van der Waals surface area contributed by atoms with Crippen molar-refractivity contribution in [3.63, 3.8) is 0 Å². The molecule has 0 atom stereocenters. The summed E-state index contributed by atoms with van der Waals surface area (Å²) in [6, 6.07) is 23.2. The van der Waals surface area contributed by atoms with Crippen molar-refractivity contribution in [2.45, 2.75) is 26.4 Å². The number of aromatic nitrogens is 2. The summed E-state index contributed by atoms with van der Waals surface area (Å²) in [5.74, 6) is 1.73. The van der Waals surface area contributed by atoms with E-state index in [1.54, 1.807) is 26.2 Å². The van der Waals surface area contributed by atoms with E-state index in [4.69, 9.17) is 14.0 Å². The van der Waals surface area contributed by atoms with Crippen LogP contribution in [-0.4, -0.2) is 23.0 Å². The Balaban J connectivity index is 1.66. The average Bonchev–Trinajstić information content (AvgIpc) is 3.28. The van der Waals surface area contributed by atoms with Crippen molar-refractivity contribution < 1.29 is 18.8 Å². The van der Waals surface area contributed by atoms with Gasteiger partial charge in [0.2, 0.25) is 11.7 Å². The van der Waals surface area contributed by atoms with Gasteiger partial charge in [-0.25, -0.2) is 0 Å². The van der Waals surface area contributed by atoms with Gasteiger partial charge in [-0.1, -0.05) is 65.8 Å². The molecule has 0 radical (unpaired) electrons. The number of hydrogen-bond acceptors (Lipinski definition) is 6. The van der Waals surface area contributed by atoms with Crippen molar-refractivity contribution in [1.29, 1.82) is 0 Å². The van der Waals surface area contributed by atoms with Crippen molar-refractivity contribution in [1.82, 2.24) is 10.1 Å². The monoisotopic (exact) mass is 428 g/mol. The van der Waals surface area contributed by atoms with Gasteiger partial charge in [0.1, 0.15) is 6.61 Å². The van der Waals surface area contributed by atoms with Crippen LogP contribution in [0, 0.1) is 6.92 Å². The van der Waals surface area contributed by atoms with Gasteiger partial charge in [-0.3, -0.25) is 4.79 Å².